The highest BCUT2D eigenvalue weighted by atomic mass is 19.4. The minimum Gasteiger partial charge on any atom is -0.366 e. The first-order chi connectivity index (χ1) is 16.1. The van der Waals surface area contributed by atoms with Crippen molar-refractivity contribution < 1.29 is 13.2 Å². The maximum atomic E-state index is 13.4. The Bertz CT molecular complexity index is 1230. The van der Waals surface area contributed by atoms with Crippen molar-refractivity contribution in [3.8, 4) is 0 Å². The lowest BCUT2D eigenvalue weighted by atomic mass is 9.90. The van der Waals surface area contributed by atoms with Crippen molar-refractivity contribution in [2.24, 2.45) is 5.73 Å². The van der Waals surface area contributed by atoms with Crippen molar-refractivity contribution in [2.75, 3.05) is 30.4 Å². The van der Waals surface area contributed by atoms with E-state index in [4.69, 9.17) is 5.73 Å². The lowest BCUT2D eigenvalue weighted by Crippen LogP contribution is -2.61. The number of aryl methyl sites for hydroxylation is 1. The quantitative estimate of drug-likeness (QED) is 0.543. The number of fused-ring (bicyclic) bond motifs is 4. The Morgan fingerprint density at radius 1 is 1.03 bits per heavy atom. The smallest absolute Gasteiger partial charge is 0.366 e. The fourth-order valence-electron chi connectivity index (χ4n) is 5.44. The maximum absolute atomic E-state index is 13.4. The van der Waals surface area contributed by atoms with E-state index in [-0.39, 0.29) is 5.56 Å². The molecule has 0 aliphatic carbocycles. The predicted molar refractivity (Wildman–Crippen MR) is 128 cm³/mol. The second-order valence-corrected chi connectivity index (χ2v) is 9.48. The van der Waals surface area contributed by atoms with Gasteiger partial charge < -0.3 is 16.0 Å². The van der Waals surface area contributed by atoms with Crippen LogP contribution in [0.4, 0.5) is 24.7 Å². The summed E-state index contributed by atoms with van der Waals surface area (Å²) in [6, 6.07) is 11.4. The number of hydrogen-bond donors (Lipinski definition) is 2. The molecule has 0 spiro atoms. The number of benzene rings is 2. The van der Waals surface area contributed by atoms with Gasteiger partial charge in [-0.15, -0.1) is 5.10 Å². The van der Waals surface area contributed by atoms with E-state index in [2.05, 4.69) is 44.5 Å². The average Bonchev–Trinajstić information content (AvgIpc) is 2.80. The van der Waals surface area contributed by atoms with Gasteiger partial charge in [0.15, 0.2) is 5.82 Å². The van der Waals surface area contributed by atoms with Gasteiger partial charge in [0.2, 0.25) is 0 Å². The number of likely N-dealkylation sites (N-methyl/N-ethyl adjacent to an activating group) is 1. The Morgan fingerprint density at radius 2 is 1.79 bits per heavy atom. The third kappa shape index (κ3) is 3.96. The summed E-state index contributed by atoms with van der Waals surface area (Å²) >= 11 is 0. The van der Waals surface area contributed by atoms with Crippen LogP contribution in [-0.2, 0) is 6.18 Å². The molecule has 3 fully saturated rings. The lowest BCUT2D eigenvalue weighted by molar-refractivity contribution is -0.138. The Hall–Kier alpha value is -2.91. The number of aromatic nitrogens is 2. The number of piperazine rings is 1. The monoisotopic (exact) mass is 470 g/mol. The fraction of sp³-hybridized carbons (Fsp3) is 0.440. The van der Waals surface area contributed by atoms with Gasteiger partial charge in [-0.2, -0.15) is 18.3 Å². The van der Waals surface area contributed by atoms with E-state index in [0.29, 0.717) is 23.5 Å². The van der Waals surface area contributed by atoms with Crippen LogP contribution in [0.2, 0.25) is 0 Å². The van der Waals surface area contributed by atoms with Crippen LogP contribution in [0.5, 0.6) is 0 Å². The summed E-state index contributed by atoms with van der Waals surface area (Å²) in [5, 5.41) is 13.5. The number of piperidine rings is 2. The van der Waals surface area contributed by atoms with Crippen molar-refractivity contribution in [3.63, 3.8) is 0 Å². The molecule has 3 atom stereocenters. The normalized spacial score (nSPS) is 21.8. The lowest BCUT2D eigenvalue weighted by Gasteiger charge is -2.51. The van der Waals surface area contributed by atoms with Gasteiger partial charge in [0.05, 0.1) is 11.3 Å². The Balaban J connectivity index is 1.50. The van der Waals surface area contributed by atoms with Crippen molar-refractivity contribution in [1.82, 2.24) is 15.1 Å². The van der Waals surface area contributed by atoms with Crippen LogP contribution in [0.3, 0.4) is 0 Å². The molecule has 34 heavy (non-hydrogen) atoms. The first-order valence-electron chi connectivity index (χ1n) is 11.6. The Labute approximate surface area is 196 Å². The van der Waals surface area contributed by atoms with Gasteiger partial charge in [0.1, 0.15) is 6.17 Å². The summed E-state index contributed by atoms with van der Waals surface area (Å²) in [5.41, 5.74) is 8.05. The zero-order valence-corrected chi connectivity index (χ0v) is 19.5. The number of anilines is 2. The summed E-state index contributed by atoms with van der Waals surface area (Å²) in [5.74, 6) is 0.464. The molecule has 1 aromatic heterocycles. The molecular formula is C25H29F3N6. The van der Waals surface area contributed by atoms with Crippen LogP contribution < -0.4 is 16.0 Å². The van der Waals surface area contributed by atoms with Gasteiger partial charge in [0, 0.05) is 41.6 Å². The largest absolute Gasteiger partial charge is 0.416 e. The Kier molecular flexibility index (Phi) is 5.64. The average molecular weight is 471 g/mol. The molecule has 0 radical (unpaired) electrons. The molecule has 0 saturated carbocycles. The van der Waals surface area contributed by atoms with Crippen molar-refractivity contribution >= 4 is 22.3 Å². The van der Waals surface area contributed by atoms with Crippen LogP contribution in [0.15, 0.2) is 36.4 Å². The number of nitrogens with zero attached hydrogens (tertiary/aromatic N) is 4. The fourth-order valence-corrected chi connectivity index (χ4v) is 5.44. The van der Waals surface area contributed by atoms with Crippen LogP contribution >= 0.6 is 0 Å². The van der Waals surface area contributed by atoms with Gasteiger partial charge in [-0.25, -0.2) is 0 Å². The van der Waals surface area contributed by atoms with Crippen LogP contribution in [0, 0.1) is 13.8 Å². The van der Waals surface area contributed by atoms with Crippen LogP contribution in [-0.4, -0.2) is 47.3 Å². The number of nitrogens with one attached hydrogen (secondary N) is 1. The summed E-state index contributed by atoms with van der Waals surface area (Å²) in [4.78, 5) is 4.90. The molecule has 3 aliphatic heterocycles. The molecule has 3 aliphatic rings. The Morgan fingerprint density at radius 3 is 2.47 bits per heavy atom. The van der Waals surface area contributed by atoms with E-state index >= 15 is 0 Å². The van der Waals surface area contributed by atoms with Gasteiger partial charge in [-0.05, 0) is 63.1 Å². The van der Waals surface area contributed by atoms with E-state index in [1.165, 1.54) is 25.8 Å². The molecule has 180 valence electrons. The minimum atomic E-state index is -4.44. The molecule has 2 aromatic carbocycles. The first kappa shape index (κ1) is 22.9. The molecule has 0 amide bonds. The van der Waals surface area contributed by atoms with Gasteiger partial charge in [-0.1, -0.05) is 18.2 Å². The summed E-state index contributed by atoms with van der Waals surface area (Å²) < 4.78 is 40.2. The van der Waals surface area contributed by atoms with Crippen molar-refractivity contribution in [1.29, 1.82) is 0 Å². The van der Waals surface area contributed by atoms with E-state index in [0.717, 1.165) is 41.3 Å². The van der Waals surface area contributed by atoms with Gasteiger partial charge in [0.25, 0.3) is 0 Å². The predicted octanol–water partition coefficient (Wildman–Crippen LogP) is 4.62. The van der Waals surface area contributed by atoms with Crippen molar-refractivity contribution in [2.45, 2.75) is 51.1 Å². The molecule has 9 heteroatoms. The van der Waals surface area contributed by atoms with E-state index in [1.807, 2.05) is 13.0 Å². The highest BCUT2D eigenvalue weighted by Gasteiger charge is 2.37. The third-order valence-electron chi connectivity index (χ3n) is 7.39. The maximum Gasteiger partial charge on any atom is 0.416 e. The molecule has 1 unspecified atom stereocenters. The molecule has 3 saturated heterocycles. The number of halogens is 3. The first-order valence-corrected chi connectivity index (χ1v) is 11.6. The molecule has 2 bridgehead atoms. The molecule has 3 N–H and O–H groups in total. The number of hydrogen-bond acceptors (Lipinski definition) is 6. The van der Waals surface area contributed by atoms with E-state index < -0.39 is 17.9 Å². The molecular weight excluding hydrogens is 441 g/mol. The molecule has 3 aromatic rings. The number of alkyl halides is 3. The SMILES string of the molecule is Cc1c([C@@H](N)Nc2nnc(C)c3ccc(N4C[C@@H]5CCC4CN5C)cc23)cccc1C(F)(F)F. The highest BCUT2D eigenvalue weighted by Crippen LogP contribution is 2.37. The third-order valence-corrected chi connectivity index (χ3v) is 7.39. The topological polar surface area (TPSA) is 70.3 Å². The van der Waals surface area contributed by atoms with E-state index in [1.54, 1.807) is 6.07 Å². The second kappa shape index (κ2) is 8.39. The number of nitrogens with two attached hydrogens (primary N) is 1. The van der Waals surface area contributed by atoms with Crippen LogP contribution in [0.1, 0.15) is 41.4 Å². The van der Waals surface area contributed by atoms with Crippen LogP contribution in [0.25, 0.3) is 10.8 Å². The molecule has 6 nitrogen and oxygen atoms in total. The van der Waals surface area contributed by atoms with Gasteiger partial charge >= 0.3 is 6.18 Å². The van der Waals surface area contributed by atoms with Crippen molar-refractivity contribution in [3.05, 3.63) is 58.8 Å². The second-order valence-electron chi connectivity index (χ2n) is 9.48. The molecule has 4 heterocycles. The summed E-state index contributed by atoms with van der Waals surface area (Å²) in [7, 11) is 2.19. The minimum absolute atomic E-state index is 0.105. The summed E-state index contributed by atoms with van der Waals surface area (Å²) in [6.45, 7) is 5.36. The standard InChI is InChI=1S/C25H29F3N6/c1-14-19(5-4-6-22(14)25(26,27)28)23(29)30-24-21-11-16(9-10-20(21)15(2)31-32-24)34-13-17-7-8-18(34)12-33(17)3/h4-6,9-11,17-18,23H,7-8,12-13,29H2,1-3H3,(H,30,32)/t17-,18?,23-/m0/s1. The van der Waals surface area contributed by atoms with E-state index in [9.17, 15) is 13.2 Å². The van der Waals surface area contributed by atoms with Gasteiger partial charge in [-0.3, -0.25) is 4.90 Å². The number of rotatable bonds is 4. The zero-order chi connectivity index (χ0) is 24.2. The zero-order valence-electron chi connectivity index (χ0n) is 19.5. The summed E-state index contributed by atoms with van der Waals surface area (Å²) in [6.07, 6.45) is -2.92. The molecule has 6 rings (SSSR count). The highest BCUT2D eigenvalue weighted by molar-refractivity contribution is 5.95.